The summed E-state index contributed by atoms with van der Waals surface area (Å²) in [7, 11) is 1.99. The standard InChI is InChI=1S/C14H15ClN2/c1-10-3-6-12(7-4-10)17(2)14-8-5-11(15)9-13(14)16/h3-9H,16H2,1-2H3. The van der Waals surface area contributed by atoms with Crippen LogP contribution in [0.25, 0.3) is 0 Å². The van der Waals surface area contributed by atoms with Crippen molar-refractivity contribution in [2.75, 3.05) is 17.7 Å². The number of hydrogen-bond acceptors (Lipinski definition) is 2. The average Bonchev–Trinajstić information content (AvgIpc) is 2.29. The van der Waals surface area contributed by atoms with Crippen LogP contribution in [0.5, 0.6) is 0 Å². The van der Waals surface area contributed by atoms with Gasteiger partial charge in [-0.05, 0) is 37.3 Å². The summed E-state index contributed by atoms with van der Waals surface area (Å²) in [6.07, 6.45) is 0. The van der Waals surface area contributed by atoms with E-state index in [1.807, 2.05) is 24.1 Å². The molecule has 0 unspecified atom stereocenters. The van der Waals surface area contributed by atoms with E-state index in [4.69, 9.17) is 17.3 Å². The molecule has 2 N–H and O–H groups in total. The maximum atomic E-state index is 5.96. The zero-order valence-corrected chi connectivity index (χ0v) is 10.7. The highest BCUT2D eigenvalue weighted by Gasteiger charge is 2.07. The SMILES string of the molecule is Cc1ccc(N(C)c2ccc(Cl)cc2N)cc1. The van der Waals surface area contributed by atoms with E-state index in [0.29, 0.717) is 10.7 Å². The Balaban J connectivity index is 2.36. The van der Waals surface area contributed by atoms with E-state index >= 15 is 0 Å². The van der Waals surface area contributed by atoms with E-state index in [1.165, 1.54) is 5.56 Å². The van der Waals surface area contributed by atoms with Crippen LogP contribution in [0.1, 0.15) is 5.56 Å². The molecule has 0 radical (unpaired) electrons. The van der Waals surface area contributed by atoms with Gasteiger partial charge in [0.2, 0.25) is 0 Å². The fourth-order valence-electron chi connectivity index (χ4n) is 1.74. The van der Waals surface area contributed by atoms with Crippen molar-refractivity contribution in [1.29, 1.82) is 0 Å². The maximum absolute atomic E-state index is 5.96. The van der Waals surface area contributed by atoms with Gasteiger partial charge < -0.3 is 10.6 Å². The summed E-state index contributed by atoms with van der Waals surface area (Å²) < 4.78 is 0. The van der Waals surface area contributed by atoms with Crippen LogP contribution in [0, 0.1) is 6.92 Å². The van der Waals surface area contributed by atoms with Gasteiger partial charge in [0.25, 0.3) is 0 Å². The molecule has 0 aliphatic rings. The van der Waals surface area contributed by atoms with Crippen LogP contribution in [0.2, 0.25) is 5.02 Å². The van der Waals surface area contributed by atoms with Crippen molar-refractivity contribution in [3.8, 4) is 0 Å². The Kier molecular flexibility index (Phi) is 3.25. The summed E-state index contributed by atoms with van der Waals surface area (Å²) in [6.45, 7) is 2.07. The largest absolute Gasteiger partial charge is 0.397 e. The van der Waals surface area contributed by atoms with Crippen LogP contribution in [-0.2, 0) is 0 Å². The molecular weight excluding hydrogens is 232 g/mol. The molecule has 0 fully saturated rings. The third-order valence-electron chi connectivity index (χ3n) is 2.77. The molecule has 0 bridgehead atoms. The van der Waals surface area contributed by atoms with E-state index in [1.54, 1.807) is 6.07 Å². The van der Waals surface area contributed by atoms with Crippen LogP contribution < -0.4 is 10.6 Å². The minimum Gasteiger partial charge on any atom is -0.397 e. The zero-order valence-electron chi connectivity index (χ0n) is 9.94. The van der Waals surface area contributed by atoms with Crippen molar-refractivity contribution < 1.29 is 0 Å². The summed E-state index contributed by atoms with van der Waals surface area (Å²) in [5, 5.41) is 0.656. The van der Waals surface area contributed by atoms with Gasteiger partial charge in [-0.3, -0.25) is 0 Å². The van der Waals surface area contributed by atoms with Crippen LogP contribution in [-0.4, -0.2) is 7.05 Å². The van der Waals surface area contributed by atoms with E-state index in [-0.39, 0.29) is 0 Å². The predicted molar refractivity (Wildman–Crippen MR) is 75.1 cm³/mol. The fourth-order valence-corrected chi connectivity index (χ4v) is 1.92. The maximum Gasteiger partial charge on any atom is 0.0642 e. The molecule has 0 saturated heterocycles. The molecule has 2 aromatic carbocycles. The molecule has 0 spiro atoms. The van der Waals surface area contributed by atoms with Crippen molar-refractivity contribution in [3.63, 3.8) is 0 Å². The van der Waals surface area contributed by atoms with Gasteiger partial charge in [0.05, 0.1) is 11.4 Å². The zero-order chi connectivity index (χ0) is 12.4. The van der Waals surface area contributed by atoms with E-state index in [9.17, 15) is 0 Å². The highest BCUT2D eigenvalue weighted by atomic mass is 35.5. The molecule has 0 aromatic heterocycles. The van der Waals surface area contributed by atoms with Crippen molar-refractivity contribution in [1.82, 2.24) is 0 Å². The Labute approximate surface area is 107 Å². The molecule has 88 valence electrons. The van der Waals surface area contributed by atoms with Gasteiger partial charge in [0, 0.05) is 17.8 Å². The Morgan fingerprint density at radius 3 is 2.29 bits per heavy atom. The minimum absolute atomic E-state index is 0.656. The van der Waals surface area contributed by atoms with E-state index in [0.717, 1.165) is 11.4 Å². The number of nitrogen functional groups attached to an aromatic ring is 1. The normalized spacial score (nSPS) is 10.3. The molecule has 0 saturated carbocycles. The van der Waals surface area contributed by atoms with Gasteiger partial charge in [-0.2, -0.15) is 0 Å². The minimum atomic E-state index is 0.656. The molecule has 0 atom stereocenters. The van der Waals surface area contributed by atoms with Crippen molar-refractivity contribution in [2.45, 2.75) is 6.92 Å². The van der Waals surface area contributed by atoms with Gasteiger partial charge in [-0.15, -0.1) is 0 Å². The molecule has 0 heterocycles. The Hall–Kier alpha value is -1.67. The monoisotopic (exact) mass is 246 g/mol. The molecule has 0 aliphatic heterocycles. The predicted octanol–water partition coefficient (Wildman–Crippen LogP) is 4.00. The molecule has 2 aromatic rings. The van der Waals surface area contributed by atoms with Gasteiger partial charge in [0.15, 0.2) is 0 Å². The molecule has 2 rings (SSSR count). The van der Waals surface area contributed by atoms with Gasteiger partial charge in [-0.25, -0.2) is 0 Å². The number of aryl methyl sites for hydroxylation is 1. The van der Waals surface area contributed by atoms with Gasteiger partial charge >= 0.3 is 0 Å². The lowest BCUT2D eigenvalue weighted by atomic mass is 10.2. The lowest BCUT2D eigenvalue weighted by Gasteiger charge is -2.21. The van der Waals surface area contributed by atoms with Crippen LogP contribution in [0.4, 0.5) is 17.1 Å². The quantitative estimate of drug-likeness (QED) is 0.812. The fraction of sp³-hybridized carbons (Fsp3) is 0.143. The third-order valence-corrected chi connectivity index (χ3v) is 3.01. The smallest absolute Gasteiger partial charge is 0.0642 e. The first kappa shape index (κ1) is 11.8. The highest BCUT2D eigenvalue weighted by Crippen LogP contribution is 2.30. The number of benzene rings is 2. The van der Waals surface area contributed by atoms with E-state index in [2.05, 4.69) is 31.2 Å². The molecule has 3 heteroatoms. The summed E-state index contributed by atoms with van der Waals surface area (Å²) in [5.74, 6) is 0. The van der Waals surface area contributed by atoms with Crippen molar-refractivity contribution in [3.05, 3.63) is 53.1 Å². The molecule has 0 amide bonds. The first-order valence-electron chi connectivity index (χ1n) is 5.43. The number of nitrogens with two attached hydrogens (primary N) is 1. The topological polar surface area (TPSA) is 29.3 Å². The number of halogens is 1. The van der Waals surface area contributed by atoms with Gasteiger partial charge in [-0.1, -0.05) is 29.3 Å². The summed E-state index contributed by atoms with van der Waals surface area (Å²) in [6, 6.07) is 13.8. The second-order valence-electron chi connectivity index (χ2n) is 4.10. The van der Waals surface area contributed by atoms with Crippen LogP contribution in [0.3, 0.4) is 0 Å². The number of rotatable bonds is 2. The van der Waals surface area contributed by atoms with Crippen LogP contribution >= 0.6 is 11.6 Å². The highest BCUT2D eigenvalue weighted by molar-refractivity contribution is 6.31. The number of nitrogens with zero attached hydrogens (tertiary/aromatic N) is 1. The van der Waals surface area contributed by atoms with E-state index < -0.39 is 0 Å². The van der Waals surface area contributed by atoms with Crippen LogP contribution in [0.15, 0.2) is 42.5 Å². The van der Waals surface area contributed by atoms with Crippen molar-refractivity contribution in [2.24, 2.45) is 0 Å². The molecule has 0 aliphatic carbocycles. The Morgan fingerprint density at radius 1 is 1.06 bits per heavy atom. The Morgan fingerprint density at radius 2 is 1.71 bits per heavy atom. The lowest BCUT2D eigenvalue weighted by Crippen LogP contribution is -2.11. The molecular formula is C14H15ClN2. The Bertz CT molecular complexity index is 520. The third kappa shape index (κ3) is 2.53. The summed E-state index contributed by atoms with van der Waals surface area (Å²) in [4.78, 5) is 2.05. The average molecular weight is 247 g/mol. The first-order chi connectivity index (χ1) is 8.08. The first-order valence-corrected chi connectivity index (χ1v) is 5.81. The lowest BCUT2D eigenvalue weighted by molar-refractivity contribution is 1.21. The second-order valence-corrected chi connectivity index (χ2v) is 4.53. The molecule has 17 heavy (non-hydrogen) atoms. The molecule has 2 nitrogen and oxygen atoms in total. The summed E-state index contributed by atoms with van der Waals surface area (Å²) in [5.41, 5.74) is 9.94. The second kappa shape index (κ2) is 4.68. The number of hydrogen-bond donors (Lipinski definition) is 1. The summed E-state index contributed by atoms with van der Waals surface area (Å²) >= 11 is 5.89. The number of anilines is 3. The van der Waals surface area contributed by atoms with Gasteiger partial charge in [0.1, 0.15) is 0 Å². The van der Waals surface area contributed by atoms with Crippen molar-refractivity contribution >= 4 is 28.7 Å².